The van der Waals surface area contributed by atoms with Crippen molar-refractivity contribution in [3.63, 3.8) is 0 Å². The third kappa shape index (κ3) is 1.75. The largest absolute Gasteiger partial charge is 0.375 e. The lowest BCUT2D eigenvalue weighted by molar-refractivity contribution is -0.135. The molecule has 2 aliphatic carbocycles. The van der Waals surface area contributed by atoms with E-state index in [-0.39, 0.29) is 17.2 Å². The molecule has 26 heavy (non-hydrogen) atoms. The molecule has 6 rings (SSSR count). The lowest BCUT2D eigenvalue weighted by atomic mass is 9.88. The molecule has 2 saturated carbocycles. The summed E-state index contributed by atoms with van der Waals surface area (Å²) in [5.41, 5.74) is 2.98. The zero-order valence-electron chi connectivity index (χ0n) is 14.1. The number of amides is 1. The zero-order valence-corrected chi connectivity index (χ0v) is 14.9. The van der Waals surface area contributed by atoms with E-state index in [9.17, 15) is 9.90 Å². The summed E-state index contributed by atoms with van der Waals surface area (Å²) in [6.45, 7) is 0.905. The van der Waals surface area contributed by atoms with Gasteiger partial charge >= 0.3 is 0 Å². The predicted octanol–water partition coefficient (Wildman–Crippen LogP) is 3.41. The monoisotopic (exact) mass is 367 g/mol. The Hall–Kier alpha value is -2.11. The van der Waals surface area contributed by atoms with Gasteiger partial charge in [-0.25, -0.2) is 4.98 Å². The molecule has 6 heteroatoms. The number of hydrogen-bond acceptors (Lipinski definition) is 4. The number of halogens is 1. The Labute approximate surface area is 155 Å². The molecule has 1 atom stereocenters. The second-order valence-corrected chi connectivity index (χ2v) is 8.48. The first kappa shape index (κ1) is 15.0. The molecule has 5 nitrogen and oxygen atoms in total. The molecule has 2 aliphatic heterocycles. The quantitative estimate of drug-likeness (QED) is 0.760. The number of benzene rings is 1. The Bertz CT molecular complexity index is 997. The summed E-state index contributed by atoms with van der Waals surface area (Å²) >= 11 is 6.81. The van der Waals surface area contributed by atoms with Gasteiger partial charge in [0.15, 0.2) is 5.60 Å². The van der Waals surface area contributed by atoms with Crippen LogP contribution in [0.15, 0.2) is 24.4 Å². The van der Waals surface area contributed by atoms with Crippen molar-refractivity contribution in [1.82, 2.24) is 4.98 Å². The molecule has 132 valence electrons. The number of hydrogen-bond donors (Lipinski definition) is 3. The molecule has 1 spiro atoms. The summed E-state index contributed by atoms with van der Waals surface area (Å²) < 4.78 is 0. The standard InChI is InChI=1S/C20H18ClN3O2/c21-16-12(8-22-17-15(16)19(5-6-19)9-23-17)10-1-4-14-13(7-10)20(26,11-2-3-11)18(25)24-14/h1,4,7-8,11,26H,2-3,5-6,9H2,(H,22,23)(H,24,25)/t20-/m0/s1. The number of carbonyl (C=O) groups is 1. The maximum atomic E-state index is 12.4. The Morgan fingerprint density at radius 1 is 1.27 bits per heavy atom. The molecule has 2 fully saturated rings. The Balaban J connectivity index is 1.51. The Kier molecular flexibility index (Phi) is 2.65. The third-order valence-electron chi connectivity index (χ3n) is 6.50. The summed E-state index contributed by atoms with van der Waals surface area (Å²) in [6, 6.07) is 5.70. The summed E-state index contributed by atoms with van der Waals surface area (Å²) in [6.07, 6.45) is 5.83. The van der Waals surface area contributed by atoms with E-state index in [2.05, 4.69) is 15.6 Å². The SMILES string of the molecule is O=C1Nc2ccc(-c3cnc4c(c3Cl)C3(CC3)CN4)cc2[C@@]1(O)C1CC1. The number of carbonyl (C=O) groups excluding carboxylic acids is 1. The van der Waals surface area contributed by atoms with E-state index in [0.717, 1.165) is 59.8 Å². The summed E-state index contributed by atoms with van der Waals surface area (Å²) in [7, 11) is 0. The molecule has 3 heterocycles. The van der Waals surface area contributed by atoms with Crippen LogP contribution in [0.25, 0.3) is 11.1 Å². The molecule has 0 unspecified atom stereocenters. The molecule has 1 aromatic heterocycles. The molecular weight excluding hydrogens is 350 g/mol. The summed E-state index contributed by atoms with van der Waals surface area (Å²) in [4.78, 5) is 17.0. The fraction of sp³-hybridized carbons (Fsp3) is 0.400. The van der Waals surface area contributed by atoms with Crippen LogP contribution in [-0.2, 0) is 15.8 Å². The van der Waals surface area contributed by atoms with Gasteiger partial charge in [-0.2, -0.15) is 0 Å². The van der Waals surface area contributed by atoms with Gasteiger partial charge in [0.2, 0.25) is 0 Å². The molecule has 2 aromatic rings. The molecule has 0 radical (unpaired) electrons. The van der Waals surface area contributed by atoms with E-state index < -0.39 is 5.60 Å². The Morgan fingerprint density at radius 2 is 2.08 bits per heavy atom. The van der Waals surface area contributed by atoms with Gasteiger partial charge in [-0.05, 0) is 43.4 Å². The van der Waals surface area contributed by atoms with E-state index >= 15 is 0 Å². The molecular formula is C20H18ClN3O2. The number of fused-ring (bicyclic) bond motifs is 3. The lowest BCUT2D eigenvalue weighted by Gasteiger charge is -2.21. The van der Waals surface area contributed by atoms with Crippen molar-refractivity contribution in [2.45, 2.75) is 36.7 Å². The third-order valence-corrected chi connectivity index (χ3v) is 6.89. The van der Waals surface area contributed by atoms with Gasteiger partial charge in [0, 0.05) is 46.5 Å². The van der Waals surface area contributed by atoms with Gasteiger partial charge in [-0.15, -0.1) is 0 Å². The van der Waals surface area contributed by atoms with Crippen LogP contribution in [0.5, 0.6) is 0 Å². The fourth-order valence-corrected chi connectivity index (χ4v) is 5.06. The number of aromatic nitrogens is 1. The van der Waals surface area contributed by atoms with Crippen molar-refractivity contribution in [1.29, 1.82) is 0 Å². The first-order valence-electron chi connectivity index (χ1n) is 9.14. The van der Waals surface area contributed by atoms with E-state index in [1.54, 1.807) is 6.20 Å². The topological polar surface area (TPSA) is 74.2 Å². The van der Waals surface area contributed by atoms with Gasteiger partial charge < -0.3 is 15.7 Å². The molecule has 1 aromatic carbocycles. The van der Waals surface area contributed by atoms with E-state index in [1.165, 1.54) is 0 Å². The highest BCUT2D eigenvalue weighted by molar-refractivity contribution is 6.34. The minimum atomic E-state index is -1.42. The van der Waals surface area contributed by atoms with Crippen LogP contribution in [0.4, 0.5) is 11.5 Å². The number of aliphatic hydroxyl groups is 1. The van der Waals surface area contributed by atoms with Crippen LogP contribution in [0.3, 0.4) is 0 Å². The number of pyridine rings is 1. The summed E-state index contributed by atoms with van der Waals surface area (Å²) in [5.74, 6) is 0.585. The fourth-order valence-electron chi connectivity index (χ4n) is 4.61. The average molecular weight is 368 g/mol. The number of anilines is 2. The first-order valence-corrected chi connectivity index (χ1v) is 9.52. The van der Waals surface area contributed by atoms with Gasteiger partial charge in [0.25, 0.3) is 5.91 Å². The molecule has 1 amide bonds. The minimum Gasteiger partial charge on any atom is -0.375 e. The second-order valence-electron chi connectivity index (χ2n) is 8.10. The molecule has 3 N–H and O–H groups in total. The van der Waals surface area contributed by atoms with Crippen LogP contribution in [0, 0.1) is 5.92 Å². The van der Waals surface area contributed by atoms with Crippen LogP contribution in [0.1, 0.15) is 36.8 Å². The smallest absolute Gasteiger partial charge is 0.261 e. The molecule has 0 saturated heterocycles. The van der Waals surface area contributed by atoms with Crippen molar-refractivity contribution in [2.75, 3.05) is 17.2 Å². The molecule has 0 bridgehead atoms. The van der Waals surface area contributed by atoms with Gasteiger partial charge in [-0.3, -0.25) is 4.79 Å². The maximum Gasteiger partial charge on any atom is 0.261 e. The van der Waals surface area contributed by atoms with Crippen molar-refractivity contribution < 1.29 is 9.90 Å². The van der Waals surface area contributed by atoms with Gasteiger partial charge in [0.1, 0.15) is 5.82 Å². The lowest BCUT2D eigenvalue weighted by Crippen LogP contribution is -2.36. The minimum absolute atomic E-state index is 0.00607. The van der Waals surface area contributed by atoms with E-state index in [1.807, 2.05) is 18.2 Å². The normalized spacial score (nSPS) is 27.1. The number of nitrogens with zero attached hydrogens (tertiary/aromatic N) is 1. The maximum absolute atomic E-state index is 12.4. The van der Waals surface area contributed by atoms with Crippen molar-refractivity contribution in [3.05, 3.63) is 40.5 Å². The van der Waals surface area contributed by atoms with Crippen LogP contribution < -0.4 is 10.6 Å². The van der Waals surface area contributed by atoms with Crippen LogP contribution >= 0.6 is 11.6 Å². The van der Waals surface area contributed by atoms with E-state index in [0.29, 0.717) is 11.3 Å². The highest BCUT2D eigenvalue weighted by Gasteiger charge is 2.55. The van der Waals surface area contributed by atoms with Crippen molar-refractivity contribution >= 4 is 29.0 Å². The van der Waals surface area contributed by atoms with Gasteiger partial charge in [0.05, 0.1) is 5.02 Å². The van der Waals surface area contributed by atoms with Crippen molar-refractivity contribution in [3.8, 4) is 11.1 Å². The zero-order chi connectivity index (χ0) is 17.7. The van der Waals surface area contributed by atoms with Crippen LogP contribution in [-0.4, -0.2) is 22.5 Å². The second kappa shape index (κ2) is 4.59. The number of nitrogens with one attached hydrogen (secondary N) is 2. The highest BCUT2D eigenvalue weighted by atomic mass is 35.5. The molecule has 4 aliphatic rings. The first-order chi connectivity index (χ1) is 12.5. The predicted molar refractivity (Wildman–Crippen MR) is 99.3 cm³/mol. The average Bonchev–Trinajstić information content (AvgIpc) is 3.53. The van der Waals surface area contributed by atoms with Crippen LogP contribution in [0.2, 0.25) is 5.02 Å². The van der Waals surface area contributed by atoms with E-state index in [4.69, 9.17) is 11.6 Å². The Morgan fingerprint density at radius 3 is 2.81 bits per heavy atom. The highest BCUT2D eigenvalue weighted by Crippen LogP contribution is 2.57. The number of rotatable bonds is 2. The summed E-state index contributed by atoms with van der Waals surface area (Å²) in [5, 5.41) is 18.0. The van der Waals surface area contributed by atoms with Crippen molar-refractivity contribution in [2.24, 2.45) is 5.92 Å². The van der Waals surface area contributed by atoms with Gasteiger partial charge in [-0.1, -0.05) is 17.7 Å².